The molecule has 1 rings (SSSR count). The van der Waals surface area contributed by atoms with Crippen LogP contribution in [0.15, 0.2) is 24.3 Å². The molecule has 0 radical (unpaired) electrons. The van der Waals surface area contributed by atoms with Crippen LogP contribution in [0, 0.1) is 17.2 Å². The summed E-state index contributed by atoms with van der Waals surface area (Å²) in [7, 11) is 0. The molecule has 1 aromatic rings. The zero-order valence-electron chi connectivity index (χ0n) is 10.3. The van der Waals surface area contributed by atoms with Crippen LogP contribution in [0.25, 0.3) is 0 Å². The Labute approximate surface area is 102 Å². The van der Waals surface area contributed by atoms with E-state index >= 15 is 0 Å². The third-order valence-corrected chi connectivity index (χ3v) is 2.63. The Morgan fingerprint density at radius 2 is 1.82 bits per heavy atom. The van der Waals surface area contributed by atoms with E-state index in [0.29, 0.717) is 17.2 Å². The van der Waals surface area contributed by atoms with Gasteiger partial charge in [0.2, 0.25) is 0 Å². The molecule has 0 spiro atoms. The number of nitriles is 1. The van der Waals surface area contributed by atoms with Crippen LogP contribution in [-0.2, 0) is 0 Å². The largest absolute Gasteiger partial charge is 0.335 e. The van der Waals surface area contributed by atoms with Gasteiger partial charge in [-0.15, -0.1) is 0 Å². The minimum Gasteiger partial charge on any atom is -0.335 e. The zero-order valence-corrected chi connectivity index (χ0v) is 10.3. The molecule has 0 bridgehead atoms. The molecule has 1 unspecified atom stereocenters. The van der Waals surface area contributed by atoms with Gasteiger partial charge in [0.15, 0.2) is 0 Å². The standard InChI is InChI=1S/C13H17N3O/c1-9(2)10(3)15-13(17)16-12-6-4-11(8-14)5-7-12/h4-7,9-10H,1-3H3,(H2,15,16,17). The summed E-state index contributed by atoms with van der Waals surface area (Å²) in [6.45, 7) is 6.06. The van der Waals surface area contributed by atoms with Crippen molar-refractivity contribution in [3.8, 4) is 6.07 Å². The topological polar surface area (TPSA) is 64.9 Å². The number of carbonyl (C=O) groups is 1. The lowest BCUT2D eigenvalue weighted by Crippen LogP contribution is -2.38. The molecule has 1 aromatic carbocycles. The number of carbonyl (C=O) groups excluding carboxylic acids is 1. The molecular weight excluding hydrogens is 214 g/mol. The third-order valence-electron chi connectivity index (χ3n) is 2.63. The zero-order chi connectivity index (χ0) is 12.8. The summed E-state index contributed by atoms with van der Waals surface area (Å²) in [6.07, 6.45) is 0. The molecule has 0 fully saturated rings. The van der Waals surface area contributed by atoms with Crippen LogP contribution in [0.5, 0.6) is 0 Å². The summed E-state index contributed by atoms with van der Waals surface area (Å²) in [5, 5.41) is 14.2. The Morgan fingerprint density at radius 1 is 1.24 bits per heavy atom. The number of benzene rings is 1. The highest BCUT2D eigenvalue weighted by atomic mass is 16.2. The van der Waals surface area contributed by atoms with Gasteiger partial charge in [0.1, 0.15) is 0 Å². The second-order valence-electron chi connectivity index (χ2n) is 4.32. The predicted octanol–water partition coefficient (Wildman–Crippen LogP) is 2.72. The SMILES string of the molecule is CC(C)C(C)NC(=O)Nc1ccc(C#N)cc1. The Balaban J connectivity index is 2.54. The lowest BCUT2D eigenvalue weighted by Gasteiger charge is -2.17. The Morgan fingerprint density at radius 3 is 2.29 bits per heavy atom. The van der Waals surface area contributed by atoms with Crippen LogP contribution in [-0.4, -0.2) is 12.1 Å². The van der Waals surface area contributed by atoms with Crippen LogP contribution in [0.3, 0.4) is 0 Å². The van der Waals surface area contributed by atoms with Gasteiger partial charge in [0.05, 0.1) is 11.6 Å². The summed E-state index contributed by atoms with van der Waals surface area (Å²) in [5.41, 5.74) is 1.25. The first-order valence-electron chi connectivity index (χ1n) is 5.60. The number of hydrogen-bond acceptors (Lipinski definition) is 2. The van der Waals surface area contributed by atoms with Gasteiger partial charge in [0, 0.05) is 11.7 Å². The van der Waals surface area contributed by atoms with E-state index in [1.807, 2.05) is 26.8 Å². The van der Waals surface area contributed by atoms with Crippen LogP contribution < -0.4 is 10.6 Å². The maximum absolute atomic E-state index is 11.6. The van der Waals surface area contributed by atoms with E-state index < -0.39 is 0 Å². The van der Waals surface area contributed by atoms with Gasteiger partial charge in [-0.2, -0.15) is 5.26 Å². The summed E-state index contributed by atoms with van der Waals surface area (Å²) < 4.78 is 0. The van der Waals surface area contributed by atoms with Gasteiger partial charge >= 0.3 is 6.03 Å². The van der Waals surface area contributed by atoms with Crippen LogP contribution in [0.4, 0.5) is 10.5 Å². The Kier molecular flexibility index (Phi) is 4.53. The van der Waals surface area contributed by atoms with Crippen molar-refractivity contribution in [1.82, 2.24) is 5.32 Å². The summed E-state index contributed by atoms with van der Waals surface area (Å²) in [6, 6.07) is 8.67. The molecule has 90 valence electrons. The normalized spacial score (nSPS) is 11.7. The maximum atomic E-state index is 11.6. The molecule has 0 aliphatic rings. The fourth-order valence-corrected chi connectivity index (χ4v) is 1.17. The average Bonchev–Trinajstić information content (AvgIpc) is 2.29. The predicted molar refractivity (Wildman–Crippen MR) is 67.6 cm³/mol. The lowest BCUT2D eigenvalue weighted by atomic mass is 10.1. The molecule has 17 heavy (non-hydrogen) atoms. The first-order valence-corrected chi connectivity index (χ1v) is 5.60. The monoisotopic (exact) mass is 231 g/mol. The maximum Gasteiger partial charge on any atom is 0.319 e. The Bertz CT molecular complexity index is 417. The van der Waals surface area contributed by atoms with Crippen molar-refractivity contribution < 1.29 is 4.79 Å². The number of nitrogens with zero attached hydrogens (tertiary/aromatic N) is 1. The molecule has 0 saturated heterocycles. The number of nitrogens with one attached hydrogen (secondary N) is 2. The summed E-state index contributed by atoms with van der Waals surface area (Å²) >= 11 is 0. The van der Waals surface area contributed by atoms with E-state index in [4.69, 9.17) is 5.26 Å². The minimum atomic E-state index is -0.226. The van der Waals surface area contributed by atoms with Crippen LogP contribution in [0.2, 0.25) is 0 Å². The summed E-state index contributed by atoms with van der Waals surface area (Å²) in [4.78, 5) is 11.6. The van der Waals surface area contributed by atoms with Gasteiger partial charge in [-0.1, -0.05) is 13.8 Å². The quantitative estimate of drug-likeness (QED) is 0.840. The highest BCUT2D eigenvalue weighted by Crippen LogP contribution is 2.09. The number of urea groups is 1. The van der Waals surface area contributed by atoms with Crippen molar-refractivity contribution in [2.24, 2.45) is 5.92 Å². The van der Waals surface area contributed by atoms with E-state index in [1.54, 1.807) is 24.3 Å². The van der Waals surface area contributed by atoms with Crippen molar-refractivity contribution in [1.29, 1.82) is 5.26 Å². The van der Waals surface area contributed by atoms with E-state index in [0.717, 1.165) is 0 Å². The molecule has 0 heterocycles. The molecule has 2 N–H and O–H groups in total. The van der Waals surface area contributed by atoms with Gasteiger partial charge in [-0.25, -0.2) is 4.79 Å². The van der Waals surface area contributed by atoms with Gasteiger partial charge in [-0.3, -0.25) is 0 Å². The molecule has 4 heteroatoms. The van der Waals surface area contributed by atoms with Crippen LogP contribution in [0.1, 0.15) is 26.3 Å². The van der Waals surface area contributed by atoms with Crippen molar-refractivity contribution >= 4 is 11.7 Å². The van der Waals surface area contributed by atoms with Crippen molar-refractivity contribution in [3.05, 3.63) is 29.8 Å². The lowest BCUT2D eigenvalue weighted by molar-refractivity contribution is 0.246. The van der Waals surface area contributed by atoms with Gasteiger partial charge in [0.25, 0.3) is 0 Å². The average molecular weight is 231 g/mol. The second-order valence-corrected chi connectivity index (χ2v) is 4.32. The van der Waals surface area contributed by atoms with E-state index in [2.05, 4.69) is 10.6 Å². The van der Waals surface area contributed by atoms with Crippen molar-refractivity contribution in [2.75, 3.05) is 5.32 Å². The summed E-state index contributed by atoms with van der Waals surface area (Å²) in [5.74, 6) is 0.390. The highest BCUT2D eigenvalue weighted by Gasteiger charge is 2.10. The molecule has 4 nitrogen and oxygen atoms in total. The first kappa shape index (κ1) is 13.0. The van der Waals surface area contributed by atoms with Crippen molar-refractivity contribution in [2.45, 2.75) is 26.8 Å². The fraction of sp³-hybridized carbons (Fsp3) is 0.385. The fourth-order valence-electron chi connectivity index (χ4n) is 1.17. The molecule has 0 aliphatic heterocycles. The number of hydrogen-bond donors (Lipinski definition) is 2. The van der Waals surface area contributed by atoms with Crippen molar-refractivity contribution in [3.63, 3.8) is 0 Å². The van der Waals surface area contributed by atoms with Crippen LogP contribution >= 0.6 is 0 Å². The first-order chi connectivity index (χ1) is 8.02. The molecule has 0 saturated carbocycles. The number of rotatable bonds is 3. The second kappa shape index (κ2) is 5.90. The third kappa shape index (κ3) is 4.15. The van der Waals surface area contributed by atoms with Gasteiger partial charge in [-0.05, 0) is 37.1 Å². The minimum absolute atomic E-state index is 0.119. The molecule has 0 aliphatic carbocycles. The molecule has 1 atom stereocenters. The number of anilines is 1. The van der Waals surface area contributed by atoms with Gasteiger partial charge < -0.3 is 10.6 Å². The van der Waals surface area contributed by atoms with E-state index in [1.165, 1.54) is 0 Å². The van der Waals surface area contributed by atoms with E-state index in [-0.39, 0.29) is 12.1 Å². The smallest absolute Gasteiger partial charge is 0.319 e. The molecule has 0 aromatic heterocycles. The number of amides is 2. The molecule has 2 amide bonds. The highest BCUT2D eigenvalue weighted by molar-refractivity contribution is 5.89. The molecular formula is C13H17N3O. The Hall–Kier alpha value is -2.02. The van der Waals surface area contributed by atoms with E-state index in [9.17, 15) is 4.79 Å².